The van der Waals surface area contributed by atoms with Crippen molar-refractivity contribution in [1.82, 2.24) is 4.90 Å². The van der Waals surface area contributed by atoms with Gasteiger partial charge in [-0.05, 0) is 32.2 Å². The summed E-state index contributed by atoms with van der Waals surface area (Å²) in [5.74, 6) is 3.55. The zero-order valence-corrected chi connectivity index (χ0v) is 8.21. The topological polar surface area (TPSA) is 3.24 Å². The van der Waals surface area contributed by atoms with E-state index in [2.05, 4.69) is 24.7 Å². The Hall–Kier alpha value is -0.480. The summed E-state index contributed by atoms with van der Waals surface area (Å²) >= 11 is 0. The standard InChI is InChI=1S/C11H19N/c1-4-5-8-12-9-6-7-10(2)11(12)3/h1,10-11H,5-9H2,2-3H3. The largest absolute Gasteiger partial charge is 0.299 e. The van der Waals surface area contributed by atoms with Crippen LogP contribution in [-0.2, 0) is 0 Å². The van der Waals surface area contributed by atoms with E-state index < -0.39 is 0 Å². The first-order valence-corrected chi connectivity index (χ1v) is 4.93. The summed E-state index contributed by atoms with van der Waals surface area (Å²) < 4.78 is 0. The maximum absolute atomic E-state index is 5.25. The van der Waals surface area contributed by atoms with Crippen molar-refractivity contribution in [3.8, 4) is 12.3 Å². The Labute approximate surface area is 76.1 Å². The number of terminal acetylenes is 1. The molecule has 0 aromatic heterocycles. The molecular formula is C11H19N. The highest BCUT2D eigenvalue weighted by molar-refractivity contribution is 4.87. The lowest BCUT2D eigenvalue weighted by Gasteiger charge is -2.37. The molecule has 0 N–H and O–H groups in total. The molecule has 1 nitrogen and oxygen atoms in total. The van der Waals surface area contributed by atoms with Gasteiger partial charge in [0, 0.05) is 19.0 Å². The van der Waals surface area contributed by atoms with E-state index in [4.69, 9.17) is 6.42 Å². The fraction of sp³-hybridized carbons (Fsp3) is 0.818. The van der Waals surface area contributed by atoms with Crippen molar-refractivity contribution in [3.05, 3.63) is 0 Å². The SMILES string of the molecule is C#CCCN1CCCC(C)C1C. The smallest absolute Gasteiger partial charge is 0.0214 e. The molecule has 68 valence electrons. The fourth-order valence-electron chi connectivity index (χ4n) is 1.94. The van der Waals surface area contributed by atoms with Crippen molar-refractivity contribution < 1.29 is 0 Å². The second-order valence-electron chi connectivity index (χ2n) is 3.85. The summed E-state index contributed by atoms with van der Waals surface area (Å²) in [6.07, 6.45) is 8.87. The van der Waals surface area contributed by atoms with Gasteiger partial charge in [-0.2, -0.15) is 0 Å². The number of hydrogen-bond acceptors (Lipinski definition) is 1. The first-order valence-electron chi connectivity index (χ1n) is 4.93. The molecule has 12 heavy (non-hydrogen) atoms. The van der Waals surface area contributed by atoms with Crippen molar-refractivity contribution >= 4 is 0 Å². The van der Waals surface area contributed by atoms with Crippen LogP contribution in [0.25, 0.3) is 0 Å². The molecule has 1 aliphatic heterocycles. The minimum Gasteiger partial charge on any atom is -0.299 e. The Morgan fingerprint density at radius 2 is 2.25 bits per heavy atom. The molecule has 0 aliphatic carbocycles. The molecule has 0 radical (unpaired) electrons. The van der Waals surface area contributed by atoms with Crippen LogP contribution in [0.3, 0.4) is 0 Å². The summed E-state index contributed by atoms with van der Waals surface area (Å²) in [6, 6.07) is 0.729. The normalized spacial score (nSPS) is 31.4. The average Bonchev–Trinajstić information content (AvgIpc) is 2.08. The third kappa shape index (κ3) is 2.25. The van der Waals surface area contributed by atoms with Crippen LogP contribution < -0.4 is 0 Å². The van der Waals surface area contributed by atoms with Gasteiger partial charge in [-0.1, -0.05) is 6.92 Å². The first-order chi connectivity index (χ1) is 5.75. The molecule has 1 saturated heterocycles. The van der Waals surface area contributed by atoms with Gasteiger partial charge in [-0.3, -0.25) is 4.90 Å². The van der Waals surface area contributed by atoms with Crippen LogP contribution in [-0.4, -0.2) is 24.0 Å². The van der Waals surface area contributed by atoms with Crippen LogP contribution >= 0.6 is 0 Å². The van der Waals surface area contributed by atoms with Gasteiger partial charge in [0.2, 0.25) is 0 Å². The Morgan fingerprint density at radius 1 is 1.50 bits per heavy atom. The Kier molecular flexibility index (Phi) is 3.62. The lowest BCUT2D eigenvalue weighted by Crippen LogP contribution is -2.42. The van der Waals surface area contributed by atoms with Gasteiger partial charge in [0.15, 0.2) is 0 Å². The van der Waals surface area contributed by atoms with Gasteiger partial charge in [0.25, 0.3) is 0 Å². The molecule has 2 unspecified atom stereocenters. The van der Waals surface area contributed by atoms with E-state index >= 15 is 0 Å². The molecular weight excluding hydrogens is 146 g/mol. The van der Waals surface area contributed by atoms with Gasteiger partial charge >= 0.3 is 0 Å². The monoisotopic (exact) mass is 165 g/mol. The lowest BCUT2D eigenvalue weighted by molar-refractivity contribution is 0.117. The van der Waals surface area contributed by atoms with Crippen LogP contribution in [0, 0.1) is 18.3 Å². The van der Waals surface area contributed by atoms with E-state index in [1.54, 1.807) is 0 Å². The molecule has 0 aromatic carbocycles. The van der Waals surface area contributed by atoms with Crippen molar-refractivity contribution in [3.63, 3.8) is 0 Å². The Balaban J connectivity index is 2.36. The molecule has 0 bridgehead atoms. The minimum absolute atomic E-state index is 0.729. The molecule has 1 heterocycles. The first kappa shape index (κ1) is 9.61. The second-order valence-corrected chi connectivity index (χ2v) is 3.85. The van der Waals surface area contributed by atoms with Crippen LogP contribution in [0.5, 0.6) is 0 Å². The predicted octanol–water partition coefficient (Wildman–Crippen LogP) is 2.13. The van der Waals surface area contributed by atoms with Crippen molar-refractivity contribution in [2.24, 2.45) is 5.92 Å². The van der Waals surface area contributed by atoms with Gasteiger partial charge < -0.3 is 0 Å². The molecule has 1 rings (SSSR count). The van der Waals surface area contributed by atoms with E-state index in [1.807, 2.05) is 0 Å². The molecule has 0 spiro atoms. The number of nitrogens with zero attached hydrogens (tertiary/aromatic N) is 1. The maximum atomic E-state index is 5.25. The quantitative estimate of drug-likeness (QED) is 0.567. The highest BCUT2D eigenvalue weighted by Gasteiger charge is 2.23. The third-order valence-corrected chi connectivity index (χ3v) is 3.05. The summed E-state index contributed by atoms with van der Waals surface area (Å²) in [4.78, 5) is 2.52. The molecule has 1 fully saturated rings. The molecule has 0 aromatic rings. The molecule has 2 atom stereocenters. The van der Waals surface area contributed by atoms with Crippen LogP contribution in [0.2, 0.25) is 0 Å². The van der Waals surface area contributed by atoms with E-state index in [1.165, 1.54) is 19.4 Å². The van der Waals surface area contributed by atoms with E-state index in [0.717, 1.165) is 24.9 Å². The highest BCUT2D eigenvalue weighted by Crippen LogP contribution is 2.22. The van der Waals surface area contributed by atoms with Gasteiger partial charge in [-0.25, -0.2) is 0 Å². The number of rotatable bonds is 2. The Bertz CT molecular complexity index is 168. The molecule has 1 heteroatoms. The van der Waals surface area contributed by atoms with Crippen LogP contribution in [0.15, 0.2) is 0 Å². The molecule has 1 aliphatic rings. The van der Waals surface area contributed by atoms with Crippen LogP contribution in [0.4, 0.5) is 0 Å². The predicted molar refractivity (Wildman–Crippen MR) is 52.9 cm³/mol. The van der Waals surface area contributed by atoms with E-state index in [-0.39, 0.29) is 0 Å². The summed E-state index contributed by atoms with van der Waals surface area (Å²) in [7, 11) is 0. The summed E-state index contributed by atoms with van der Waals surface area (Å²) in [5, 5.41) is 0. The maximum Gasteiger partial charge on any atom is 0.0214 e. The number of likely N-dealkylation sites (tertiary alicyclic amines) is 1. The highest BCUT2D eigenvalue weighted by atomic mass is 15.2. The van der Waals surface area contributed by atoms with Gasteiger partial charge in [0.1, 0.15) is 0 Å². The van der Waals surface area contributed by atoms with Crippen molar-refractivity contribution in [2.75, 3.05) is 13.1 Å². The zero-order chi connectivity index (χ0) is 8.97. The van der Waals surface area contributed by atoms with Crippen molar-refractivity contribution in [1.29, 1.82) is 0 Å². The summed E-state index contributed by atoms with van der Waals surface area (Å²) in [5.41, 5.74) is 0. The molecule has 0 saturated carbocycles. The lowest BCUT2D eigenvalue weighted by atomic mass is 9.92. The minimum atomic E-state index is 0.729. The van der Waals surface area contributed by atoms with Gasteiger partial charge in [0.05, 0.1) is 0 Å². The van der Waals surface area contributed by atoms with Crippen molar-refractivity contribution in [2.45, 2.75) is 39.2 Å². The number of hydrogen-bond donors (Lipinski definition) is 0. The zero-order valence-electron chi connectivity index (χ0n) is 8.21. The fourth-order valence-corrected chi connectivity index (χ4v) is 1.94. The van der Waals surface area contributed by atoms with E-state index in [9.17, 15) is 0 Å². The second kappa shape index (κ2) is 4.52. The van der Waals surface area contributed by atoms with Gasteiger partial charge in [-0.15, -0.1) is 12.3 Å². The third-order valence-electron chi connectivity index (χ3n) is 3.05. The average molecular weight is 165 g/mol. The van der Waals surface area contributed by atoms with Crippen LogP contribution in [0.1, 0.15) is 33.1 Å². The summed E-state index contributed by atoms with van der Waals surface area (Å²) in [6.45, 7) is 6.99. The Morgan fingerprint density at radius 3 is 2.92 bits per heavy atom. The van der Waals surface area contributed by atoms with E-state index in [0.29, 0.717) is 0 Å². The molecule has 0 amide bonds. The number of piperidine rings is 1.